The summed E-state index contributed by atoms with van der Waals surface area (Å²) in [6.07, 6.45) is 5.13. The number of fused-ring (bicyclic) bond motifs is 2. The van der Waals surface area contributed by atoms with Crippen molar-refractivity contribution in [2.24, 2.45) is 0 Å². The molecule has 4 nitrogen and oxygen atoms in total. The van der Waals surface area contributed by atoms with Gasteiger partial charge in [0.2, 0.25) is 0 Å². The highest BCUT2D eigenvalue weighted by Gasteiger charge is 2.39. The van der Waals surface area contributed by atoms with Crippen LogP contribution < -0.4 is 0 Å². The molecule has 2 aliphatic rings. The van der Waals surface area contributed by atoms with Crippen LogP contribution in [0.4, 0.5) is 9.18 Å². The molecule has 1 aromatic rings. The van der Waals surface area contributed by atoms with Crippen molar-refractivity contribution in [3.63, 3.8) is 0 Å². The number of hydrogen-bond acceptors (Lipinski definition) is 3. The molecule has 1 amide bonds. The number of carbonyl (C=O) groups excluding carboxylic acids is 1. The van der Waals surface area contributed by atoms with Crippen LogP contribution in [0.5, 0.6) is 0 Å². The van der Waals surface area contributed by atoms with Crippen LogP contribution in [-0.4, -0.2) is 28.7 Å². The second-order valence-electron chi connectivity index (χ2n) is 7.71. The molecule has 2 unspecified atom stereocenters. The number of benzene rings is 1. The molecule has 2 heterocycles. The standard InChI is InChI=1S/C20H23FN2O2/c1-20(2,3)25-19(24)23-14-6-4-7-15(23)11-13(10-14)16-8-5-9-18(21)17(16)12-22/h5,8-10,14-15H,4,6-7,11H2,1-3H3. The predicted octanol–water partition coefficient (Wildman–Crippen LogP) is 4.64. The maximum absolute atomic E-state index is 14.0. The molecule has 0 aromatic heterocycles. The molecule has 132 valence electrons. The van der Waals surface area contributed by atoms with E-state index in [-0.39, 0.29) is 23.7 Å². The van der Waals surface area contributed by atoms with Crippen LogP contribution in [0.25, 0.3) is 5.57 Å². The fourth-order valence-electron chi connectivity index (χ4n) is 3.73. The molecular weight excluding hydrogens is 319 g/mol. The van der Waals surface area contributed by atoms with Gasteiger partial charge in [0.15, 0.2) is 0 Å². The van der Waals surface area contributed by atoms with E-state index >= 15 is 0 Å². The zero-order valence-corrected chi connectivity index (χ0v) is 14.9. The van der Waals surface area contributed by atoms with Crippen LogP contribution in [0.15, 0.2) is 24.3 Å². The third kappa shape index (κ3) is 3.53. The van der Waals surface area contributed by atoms with Crippen molar-refractivity contribution in [2.45, 2.75) is 64.1 Å². The van der Waals surface area contributed by atoms with Gasteiger partial charge >= 0.3 is 6.09 Å². The Kier molecular flexibility index (Phi) is 4.55. The number of hydrogen-bond donors (Lipinski definition) is 0. The summed E-state index contributed by atoms with van der Waals surface area (Å²) in [6.45, 7) is 5.58. The van der Waals surface area contributed by atoms with Crippen molar-refractivity contribution < 1.29 is 13.9 Å². The molecule has 2 atom stereocenters. The van der Waals surface area contributed by atoms with Gasteiger partial charge < -0.3 is 4.74 Å². The van der Waals surface area contributed by atoms with Gasteiger partial charge in [-0.15, -0.1) is 0 Å². The van der Waals surface area contributed by atoms with E-state index in [4.69, 9.17) is 4.74 Å². The quantitative estimate of drug-likeness (QED) is 0.747. The second kappa shape index (κ2) is 6.51. The Balaban J connectivity index is 1.94. The number of carbonyl (C=O) groups is 1. The summed E-state index contributed by atoms with van der Waals surface area (Å²) < 4.78 is 19.5. The van der Waals surface area contributed by atoms with Gasteiger partial charge in [0, 0.05) is 6.04 Å². The van der Waals surface area contributed by atoms with Crippen molar-refractivity contribution in [3.8, 4) is 6.07 Å². The smallest absolute Gasteiger partial charge is 0.411 e. The molecule has 5 heteroatoms. The Bertz CT molecular complexity index is 758. The van der Waals surface area contributed by atoms with Crippen LogP contribution in [-0.2, 0) is 4.74 Å². The molecule has 0 aliphatic carbocycles. The molecule has 0 radical (unpaired) electrons. The van der Waals surface area contributed by atoms with Crippen LogP contribution in [0.1, 0.15) is 57.6 Å². The maximum Gasteiger partial charge on any atom is 0.411 e. The summed E-state index contributed by atoms with van der Waals surface area (Å²) >= 11 is 0. The molecular formula is C20H23FN2O2. The lowest BCUT2D eigenvalue weighted by Gasteiger charge is -2.45. The Morgan fingerprint density at radius 1 is 1.36 bits per heavy atom. The van der Waals surface area contributed by atoms with E-state index in [0.29, 0.717) is 12.0 Å². The highest BCUT2D eigenvalue weighted by atomic mass is 19.1. The first-order valence-corrected chi connectivity index (χ1v) is 8.71. The number of piperidine rings is 1. The van der Waals surface area contributed by atoms with Gasteiger partial charge in [-0.2, -0.15) is 5.26 Å². The first-order chi connectivity index (χ1) is 11.8. The molecule has 1 saturated heterocycles. The van der Waals surface area contributed by atoms with Gasteiger partial charge in [0.1, 0.15) is 17.5 Å². The molecule has 0 N–H and O–H groups in total. The van der Waals surface area contributed by atoms with Gasteiger partial charge in [-0.25, -0.2) is 9.18 Å². The molecule has 25 heavy (non-hydrogen) atoms. The van der Waals surface area contributed by atoms with E-state index in [2.05, 4.69) is 0 Å². The van der Waals surface area contributed by atoms with E-state index in [9.17, 15) is 14.4 Å². The number of ether oxygens (including phenoxy) is 1. The first-order valence-electron chi connectivity index (χ1n) is 8.71. The summed E-state index contributed by atoms with van der Waals surface area (Å²) in [5.41, 5.74) is 1.14. The number of rotatable bonds is 1. The SMILES string of the molecule is CC(C)(C)OC(=O)N1C2C=C(c3cccc(F)c3C#N)CC1CCC2. The lowest BCUT2D eigenvalue weighted by Crippen LogP contribution is -2.53. The third-order valence-corrected chi connectivity index (χ3v) is 4.71. The lowest BCUT2D eigenvalue weighted by molar-refractivity contribution is 0.0000821. The largest absolute Gasteiger partial charge is 0.444 e. The molecule has 1 aromatic carbocycles. The van der Waals surface area contributed by atoms with Crippen LogP contribution in [0.3, 0.4) is 0 Å². The Labute approximate surface area is 147 Å². The van der Waals surface area contributed by atoms with Gasteiger partial charge in [0.05, 0.1) is 11.6 Å². The van der Waals surface area contributed by atoms with Gasteiger partial charge in [-0.05, 0) is 63.7 Å². The fraction of sp³-hybridized carbons (Fsp3) is 0.500. The second-order valence-corrected chi connectivity index (χ2v) is 7.71. The number of nitriles is 1. The molecule has 1 fully saturated rings. The summed E-state index contributed by atoms with van der Waals surface area (Å²) in [4.78, 5) is 14.4. The van der Waals surface area contributed by atoms with Gasteiger partial charge in [0.25, 0.3) is 0 Å². The molecule has 3 rings (SSSR count). The van der Waals surface area contributed by atoms with Crippen LogP contribution in [0.2, 0.25) is 0 Å². The monoisotopic (exact) mass is 342 g/mol. The highest BCUT2D eigenvalue weighted by molar-refractivity contribution is 5.76. The fourth-order valence-corrected chi connectivity index (χ4v) is 3.73. The number of halogens is 1. The zero-order valence-electron chi connectivity index (χ0n) is 14.9. The van der Waals surface area contributed by atoms with E-state index in [1.165, 1.54) is 6.07 Å². The minimum absolute atomic E-state index is 0.0309. The van der Waals surface area contributed by atoms with Crippen molar-refractivity contribution in [1.29, 1.82) is 5.26 Å². The maximum atomic E-state index is 14.0. The average molecular weight is 342 g/mol. The van der Waals surface area contributed by atoms with Crippen LogP contribution in [0, 0.1) is 17.1 Å². The van der Waals surface area contributed by atoms with Crippen molar-refractivity contribution >= 4 is 11.7 Å². The van der Waals surface area contributed by atoms with E-state index in [0.717, 1.165) is 24.8 Å². The molecule has 2 bridgehead atoms. The van der Waals surface area contributed by atoms with E-state index < -0.39 is 11.4 Å². The summed E-state index contributed by atoms with van der Waals surface area (Å²) in [6, 6.07) is 6.66. The molecule has 0 spiro atoms. The summed E-state index contributed by atoms with van der Waals surface area (Å²) in [7, 11) is 0. The summed E-state index contributed by atoms with van der Waals surface area (Å²) in [5.74, 6) is -0.499. The topological polar surface area (TPSA) is 53.3 Å². The lowest BCUT2D eigenvalue weighted by atomic mass is 9.82. The van der Waals surface area contributed by atoms with E-state index in [1.54, 1.807) is 12.1 Å². The van der Waals surface area contributed by atoms with Gasteiger partial charge in [-0.1, -0.05) is 18.2 Å². The first kappa shape index (κ1) is 17.5. The minimum atomic E-state index is -0.536. The van der Waals surface area contributed by atoms with E-state index in [1.807, 2.05) is 37.8 Å². The number of nitrogens with zero attached hydrogens (tertiary/aromatic N) is 2. The minimum Gasteiger partial charge on any atom is -0.444 e. The van der Waals surface area contributed by atoms with Crippen LogP contribution >= 0.6 is 0 Å². The highest BCUT2D eigenvalue weighted by Crippen LogP contribution is 2.39. The van der Waals surface area contributed by atoms with Crippen molar-refractivity contribution in [3.05, 3.63) is 41.2 Å². The number of amides is 1. The third-order valence-electron chi connectivity index (χ3n) is 4.71. The zero-order chi connectivity index (χ0) is 18.2. The normalized spacial score (nSPS) is 22.8. The Morgan fingerprint density at radius 2 is 2.12 bits per heavy atom. The van der Waals surface area contributed by atoms with Crippen molar-refractivity contribution in [2.75, 3.05) is 0 Å². The van der Waals surface area contributed by atoms with Crippen molar-refractivity contribution in [1.82, 2.24) is 4.90 Å². The Hall–Kier alpha value is -2.35. The average Bonchev–Trinajstić information content (AvgIpc) is 2.51. The molecule has 2 aliphatic heterocycles. The predicted molar refractivity (Wildman–Crippen MR) is 93.2 cm³/mol. The summed E-state index contributed by atoms with van der Waals surface area (Å²) in [5, 5.41) is 9.30. The Morgan fingerprint density at radius 3 is 2.76 bits per heavy atom. The van der Waals surface area contributed by atoms with Gasteiger partial charge in [-0.3, -0.25) is 4.90 Å². The molecule has 0 saturated carbocycles.